The van der Waals surface area contributed by atoms with Crippen molar-refractivity contribution >= 4 is 35.0 Å². The number of hydrogen-bond acceptors (Lipinski definition) is 7. The summed E-state index contributed by atoms with van der Waals surface area (Å²) in [4.78, 5) is 24.8. The zero-order valence-corrected chi connectivity index (χ0v) is 18.6. The summed E-state index contributed by atoms with van der Waals surface area (Å²) in [5.41, 5.74) is 2.50. The Morgan fingerprint density at radius 1 is 1.06 bits per heavy atom. The molecule has 1 aromatic heterocycles. The lowest BCUT2D eigenvalue weighted by Crippen LogP contribution is -2.18. The summed E-state index contributed by atoms with van der Waals surface area (Å²) in [6.45, 7) is 2.22. The SMILES string of the molecule is CCc1ccccc1NC(=O)Cc1nnc(SCC(=O)Nc2ccc3c(c2)OCO3)n1C. The van der Waals surface area contributed by atoms with Crippen molar-refractivity contribution < 1.29 is 19.1 Å². The van der Waals surface area contributed by atoms with Crippen LogP contribution in [0.2, 0.25) is 0 Å². The highest BCUT2D eigenvalue weighted by atomic mass is 32.2. The van der Waals surface area contributed by atoms with Gasteiger partial charge < -0.3 is 24.7 Å². The first-order valence-corrected chi connectivity index (χ1v) is 11.1. The van der Waals surface area contributed by atoms with Crippen LogP contribution in [-0.4, -0.2) is 39.1 Å². The van der Waals surface area contributed by atoms with Gasteiger partial charge in [-0.2, -0.15) is 0 Å². The third-order valence-electron chi connectivity index (χ3n) is 4.90. The van der Waals surface area contributed by atoms with Gasteiger partial charge in [-0.1, -0.05) is 36.9 Å². The highest BCUT2D eigenvalue weighted by Gasteiger charge is 2.17. The van der Waals surface area contributed by atoms with Crippen LogP contribution >= 0.6 is 11.8 Å². The quantitative estimate of drug-likeness (QED) is 0.505. The van der Waals surface area contributed by atoms with Crippen LogP contribution in [0.5, 0.6) is 11.5 Å². The molecule has 2 heterocycles. The van der Waals surface area contributed by atoms with E-state index in [1.54, 1.807) is 29.8 Å². The van der Waals surface area contributed by atoms with Gasteiger partial charge in [-0.3, -0.25) is 9.59 Å². The highest BCUT2D eigenvalue weighted by molar-refractivity contribution is 7.99. The Balaban J connectivity index is 1.30. The van der Waals surface area contributed by atoms with Crippen LogP contribution in [0.25, 0.3) is 0 Å². The summed E-state index contributed by atoms with van der Waals surface area (Å²) in [5.74, 6) is 1.58. The first kappa shape index (κ1) is 21.7. The largest absolute Gasteiger partial charge is 0.454 e. The molecule has 2 N–H and O–H groups in total. The molecule has 0 saturated heterocycles. The molecule has 0 fully saturated rings. The molecule has 32 heavy (non-hydrogen) atoms. The number of para-hydroxylation sites is 1. The zero-order valence-electron chi connectivity index (χ0n) is 17.8. The summed E-state index contributed by atoms with van der Waals surface area (Å²) in [7, 11) is 1.78. The molecule has 0 spiro atoms. The van der Waals surface area contributed by atoms with Crippen molar-refractivity contribution in [2.75, 3.05) is 23.2 Å². The number of anilines is 2. The molecule has 2 aromatic carbocycles. The summed E-state index contributed by atoms with van der Waals surface area (Å²) in [6.07, 6.45) is 0.918. The number of rotatable bonds is 8. The van der Waals surface area contributed by atoms with E-state index in [0.717, 1.165) is 17.7 Å². The predicted molar refractivity (Wildman–Crippen MR) is 121 cm³/mol. The van der Waals surface area contributed by atoms with E-state index in [1.807, 2.05) is 31.2 Å². The zero-order chi connectivity index (χ0) is 22.5. The summed E-state index contributed by atoms with van der Waals surface area (Å²) < 4.78 is 12.3. The lowest BCUT2D eigenvalue weighted by Gasteiger charge is -2.09. The fourth-order valence-electron chi connectivity index (χ4n) is 3.21. The molecule has 0 aliphatic carbocycles. The van der Waals surface area contributed by atoms with Crippen molar-refractivity contribution in [3.05, 3.63) is 53.9 Å². The van der Waals surface area contributed by atoms with Crippen LogP contribution in [0.3, 0.4) is 0 Å². The number of benzene rings is 2. The maximum Gasteiger partial charge on any atom is 0.234 e. The molecule has 9 nitrogen and oxygen atoms in total. The molecular formula is C22H23N5O4S. The van der Waals surface area contributed by atoms with Crippen molar-refractivity contribution in [3.8, 4) is 11.5 Å². The first-order chi connectivity index (χ1) is 15.5. The molecule has 4 rings (SSSR count). The molecule has 3 aromatic rings. The van der Waals surface area contributed by atoms with Crippen LogP contribution in [0.1, 0.15) is 18.3 Å². The fourth-order valence-corrected chi connectivity index (χ4v) is 3.94. The Morgan fingerprint density at radius 2 is 1.88 bits per heavy atom. The Morgan fingerprint density at radius 3 is 2.72 bits per heavy atom. The summed E-state index contributed by atoms with van der Waals surface area (Å²) >= 11 is 1.25. The van der Waals surface area contributed by atoms with Crippen molar-refractivity contribution in [1.82, 2.24) is 14.8 Å². The maximum absolute atomic E-state index is 12.5. The number of carbonyl (C=O) groups excluding carboxylic acids is 2. The second kappa shape index (κ2) is 9.73. The van der Waals surface area contributed by atoms with Crippen LogP contribution < -0.4 is 20.1 Å². The third-order valence-corrected chi connectivity index (χ3v) is 5.93. The van der Waals surface area contributed by atoms with E-state index in [1.165, 1.54) is 11.8 Å². The standard InChI is InChI=1S/C22H23N5O4S/c1-3-14-6-4-5-7-16(14)24-20(28)11-19-25-26-22(27(19)2)32-12-21(29)23-15-8-9-17-18(10-15)31-13-30-17/h4-10H,3,11-13H2,1-2H3,(H,23,29)(H,24,28). The van der Waals surface area contributed by atoms with E-state index in [-0.39, 0.29) is 30.8 Å². The maximum atomic E-state index is 12.5. The number of amides is 2. The van der Waals surface area contributed by atoms with E-state index in [9.17, 15) is 9.59 Å². The third kappa shape index (κ3) is 5.02. The van der Waals surface area contributed by atoms with E-state index >= 15 is 0 Å². The normalized spacial score (nSPS) is 11.9. The van der Waals surface area contributed by atoms with Gasteiger partial charge in [0.1, 0.15) is 5.82 Å². The van der Waals surface area contributed by atoms with E-state index in [4.69, 9.17) is 9.47 Å². The highest BCUT2D eigenvalue weighted by Crippen LogP contribution is 2.34. The Kier molecular flexibility index (Phi) is 6.60. The molecule has 0 radical (unpaired) electrons. The van der Waals surface area contributed by atoms with Gasteiger partial charge in [0.15, 0.2) is 16.7 Å². The number of fused-ring (bicyclic) bond motifs is 1. The van der Waals surface area contributed by atoms with Gasteiger partial charge in [-0.25, -0.2) is 0 Å². The monoisotopic (exact) mass is 453 g/mol. The number of thioether (sulfide) groups is 1. The van der Waals surface area contributed by atoms with Gasteiger partial charge in [0.05, 0.1) is 12.2 Å². The lowest BCUT2D eigenvalue weighted by molar-refractivity contribution is -0.116. The number of hydrogen-bond donors (Lipinski definition) is 2. The van der Waals surface area contributed by atoms with Crippen molar-refractivity contribution in [2.45, 2.75) is 24.9 Å². The molecule has 2 amide bonds. The van der Waals surface area contributed by atoms with Crippen LogP contribution in [0, 0.1) is 0 Å². The number of carbonyl (C=O) groups is 2. The molecule has 0 saturated carbocycles. The first-order valence-electron chi connectivity index (χ1n) is 10.1. The summed E-state index contributed by atoms with van der Waals surface area (Å²) in [5, 5.41) is 14.5. The van der Waals surface area contributed by atoms with Gasteiger partial charge in [-0.05, 0) is 30.2 Å². The van der Waals surface area contributed by atoms with Crippen LogP contribution in [-0.2, 0) is 29.5 Å². The fraction of sp³-hybridized carbons (Fsp3) is 0.273. The second-order valence-electron chi connectivity index (χ2n) is 7.10. The predicted octanol–water partition coefficient (Wildman–Crippen LogP) is 3.02. The number of aromatic nitrogens is 3. The van der Waals surface area contributed by atoms with Gasteiger partial charge in [0.25, 0.3) is 0 Å². The number of ether oxygens (including phenoxy) is 2. The van der Waals surface area contributed by atoms with Gasteiger partial charge in [0, 0.05) is 24.5 Å². The molecule has 0 bridgehead atoms. The smallest absolute Gasteiger partial charge is 0.234 e. The van der Waals surface area contributed by atoms with E-state index in [2.05, 4.69) is 20.8 Å². The van der Waals surface area contributed by atoms with Crippen molar-refractivity contribution in [2.24, 2.45) is 7.05 Å². The molecule has 1 aliphatic rings. The van der Waals surface area contributed by atoms with Crippen LogP contribution in [0.15, 0.2) is 47.6 Å². The number of nitrogens with zero attached hydrogens (tertiary/aromatic N) is 3. The Labute approximate surface area is 189 Å². The minimum absolute atomic E-state index is 0.0888. The molecule has 10 heteroatoms. The Hall–Kier alpha value is -3.53. The minimum atomic E-state index is -0.188. The topological polar surface area (TPSA) is 107 Å². The second-order valence-corrected chi connectivity index (χ2v) is 8.04. The molecule has 0 unspecified atom stereocenters. The minimum Gasteiger partial charge on any atom is -0.454 e. The van der Waals surface area contributed by atoms with Gasteiger partial charge >= 0.3 is 0 Å². The van der Waals surface area contributed by atoms with Crippen molar-refractivity contribution in [1.29, 1.82) is 0 Å². The summed E-state index contributed by atoms with van der Waals surface area (Å²) in [6, 6.07) is 12.9. The van der Waals surface area contributed by atoms with E-state index in [0.29, 0.717) is 28.2 Å². The molecular weight excluding hydrogens is 430 g/mol. The van der Waals surface area contributed by atoms with Crippen molar-refractivity contribution in [3.63, 3.8) is 0 Å². The molecule has 1 aliphatic heterocycles. The average molecular weight is 454 g/mol. The molecule has 0 atom stereocenters. The lowest BCUT2D eigenvalue weighted by atomic mass is 10.1. The number of aryl methyl sites for hydroxylation is 1. The van der Waals surface area contributed by atoms with E-state index < -0.39 is 0 Å². The van der Waals surface area contributed by atoms with Gasteiger partial charge in [-0.15, -0.1) is 10.2 Å². The average Bonchev–Trinajstić information content (AvgIpc) is 3.39. The van der Waals surface area contributed by atoms with Gasteiger partial charge in [0.2, 0.25) is 18.6 Å². The molecule has 166 valence electrons. The number of nitrogens with one attached hydrogen (secondary N) is 2. The van der Waals surface area contributed by atoms with Crippen LogP contribution in [0.4, 0.5) is 11.4 Å². The Bertz CT molecular complexity index is 1150.